The van der Waals surface area contributed by atoms with Crippen molar-refractivity contribution in [3.8, 4) is 0 Å². The molecular formula is C24H33N3O6S2. The number of hydrogen-bond donors (Lipinski definition) is 1. The summed E-state index contributed by atoms with van der Waals surface area (Å²) >= 11 is 1.02. The third-order valence-corrected chi connectivity index (χ3v) is 8.82. The van der Waals surface area contributed by atoms with E-state index in [2.05, 4.69) is 5.32 Å². The molecule has 0 aliphatic carbocycles. The first-order valence-electron chi connectivity index (χ1n) is 11.6. The monoisotopic (exact) mass is 523 g/mol. The molecule has 0 aliphatic rings. The summed E-state index contributed by atoms with van der Waals surface area (Å²) in [6, 6.07) is 5.59. The number of amides is 2. The molecule has 1 N–H and O–H groups in total. The van der Waals surface area contributed by atoms with Crippen molar-refractivity contribution in [3.63, 3.8) is 0 Å². The predicted molar refractivity (Wildman–Crippen MR) is 137 cm³/mol. The summed E-state index contributed by atoms with van der Waals surface area (Å²) in [5, 5.41) is 2.92. The van der Waals surface area contributed by atoms with Gasteiger partial charge in [-0.15, -0.1) is 11.3 Å². The highest BCUT2D eigenvalue weighted by atomic mass is 32.2. The van der Waals surface area contributed by atoms with Gasteiger partial charge in [0.05, 0.1) is 21.9 Å². The van der Waals surface area contributed by atoms with E-state index in [1.54, 1.807) is 32.6 Å². The Kier molecular flexibility index (Phi) is 9.99. The molecule has 192 valence electrons. The van der Waals surface area contributed by atoms with Crippen LogP contribution in [-0.2, 0) is 14.8 Å². The van der Waals surface area contributed by atoms with Gasteiger partial charge >= 0.3 is 5.97 Å². The zero-order valence-corrected chi connectivity index (χ0v) is 22.6. The summed E-state index contributed by atoms with van der Waals surface area (Å²) in [5.74, 6) is -1.39. The summed E-state index contributed by atoms with van der Waals surface area (Å²) in [7, 11) is -3.65. The molecule has 1 heterocycles. The van der Waals surface area contributed by atoms with Gasteiger partial charge in [0, 0.05) is 31.7 Å². The van der Waals surface area contributed by atoms with Gasteiger partial charge in [0.1, 0.15) is 5.00 Å². The van der Waals surface area contributed by atoms with Gasteiger partial charge in [0.25, 0.3) is 11.8 Å². The average molecular weight is 524 g/mol. The minimum absolute atomic E-state index is 0.0871. The van der Waals surface area contributed by atoms with Gasteiger partial charge < -0.3 is 15.0 Å². The van der Waals surface area contributed by atoms with E-state index in [1.807, 2.05) is 13.8 Å². The molecule has 11 heteroatoms. The summed E-state index contributed by atoms with van der Waals surface area (Å²) in [6.07, 6.45) is 0. The third kappa shape index (κ3) is 6.09. The van der Waals surface area contributed by atoms with Crippen LogP contribution >= 0.6 is 11.3 Å². The Morgan fingerprint density at radius 2 is 1.51 bits per heavy atom. The maximum Gasteiger partial charge on any atom is 0.341 e. The largest absolute Gasteiger partial charge is 0.462 e. The number of hydrogen-bond acceptors (Lipinski definition) is 7. The first-order valence-corrected chi connectivity index (χ1v) is 13.8. The highest BCUT2D eigenvalue weighted by molar-refractivity contribution is 7.89. The van der Waals surface area contributed by atoms with Crippen molar-refractivity contribution in [2.45, 2.75) is 46.4 Å². The number of carbonyl (C=O) groups is 3. The molecule has 0 aliphatic heterocycles. The highest BCUT2D eigenvalue weighted by Crippen LogP contribution is 2.35. The summed E-state index contributed by atoms with van der Waals surface area (Å²) in [6.45, 7) is 12.4. The molecule has 0 fully saturated rings. The van der Waals surface area contributed by atoms with E-state index >= 15 is 0 Å². The second-order valence-electron chi connectivity index (χ2n) is 7.53. The van der Waals surface area contributed by atoms with Gasteiger partial charge in [0.15, 0.2) is 0 Å². The van der Waals surface area contributed by atoms with Crippen molar-refractivity contribution in [3.05, 3.63) is 45.8 Å². The fraction of sp³-hybridized carbons (Fsp3) is 0.458. The lowest BCUT2D eigenvalue weighted by atomic mass is 10.1. The Balaban J connectivity index is 2.41. The second kappa shape index (κ2) is 12.3. The van der Waals surface area contributed by atoms with Crippen LogP contribution < -0.4 is 5.32 Å². The number of anilines is 1. The fourth-order valence-corrected chi connectivity index (χ4v) is 6.19. The number of rotatable bonds is 11. The number of sulfonamides is 1. The first kappa shape index (κ1) is 28.5. The second-order valence-corrected chi connectivity index (χ2v) is 10.5. The van der Waals surface area contributed by atoms with E-state index in [0.717, 1.165) is 11.3 Å². The Morgan fingerprint density at radius 1 is 0.943 bits per heavy atom. The van der Waals surface area contributed by atoms with Crippen LogP contribution in [0.2, 0.25) is 0 Å². The molecule has 1 aromatic heterocycles. The number of nitrogens with zero attached hydrogens (tertiary/aromatic N) is 2. The first-order chi connectivity index (χ1) is 16.6. The van der Waals surface area contributed by atoms with E-state index in [-0.39, 0.29) is 33.5 Å². The number of thiophene rings is 1. The van der Waals surface area contributed by atoms with E-state index in [0.29, 0.717) is 36.6 Å². The molecule has 0 unspecified atom stereocenters. The Labute approximate surface area is 211 Å². The Morgan fingerprint density at radius 3 is 2.00 bits per heavy atom. The number of carbonyl (C=O) groups excluding carboxylic acids is 3. The van der Waals surface area contributed by atoms with Crippen LogP contribution in [0.3, 0.4) is 0 Å². The lowest BCUT2D eigenvalue weighted by molar-refractivity contribution is 0.0527. The summed E-state index contributed by atoms with van der Waals surface area (Å²) < 4.78 is 31.9. The average Bonchev–Trinajstić information content (AvgIpc) is 3.16. The zero-order chi connectivity index (χ0) is 26.3. The molecule has 35 heavy (non-hydrogen) atoms. The van der Waals surface area contributed by atoms with Crippen molar-refractivity contribution in [1.29, 1.82) is 0 Å². The molecule has 2 amide bonds. The molecule has 0 saturated carbocycles. The van der Waals surface area contributed by atoms with Gasteiger partial charge in [0.2, 0.25) is 10.0 Å². The predicted octanol–water partition coefficient (Wildman–Crippen LogP) is 4.00. The SMILES string of the molecule is CCOC(=O)c1c(NC(=O)c2ccc(S(=O)(=O)N(CC)CC)cc2)sc(C(=O)N(CC)CC)c1C. The third-order valence-electron chi connectivity index (χ3n) is 5.56. The molecular weight excluding hydrogens is 490 g/mol. The minimum Gasteiger partial charge on any atom is -0.462 e. The molecule has 2 rings (SSSR count). The van der Waals surface area contributed by atoms with Gasteiger partial charge in [-0.05, 0) is 57.5 Å². The van der Waals surface area contributed by atoms with E-state index in [1.165, 1.54) is 28.6 Å². The van der Waals surface area contributed by atoms with E-state index < -0.39 is 21.9 Å². The zero-order valence-electron chi connectivity index (χ0n) is 21.0. The number of ether oxygens (including phenoxy) is 1. The van der Waals surface area contributed by atoms with Gasteiger partial charge in [-0.3, -0.25) is 9.59 Å². The van der Waals surface area contributed by atoms with Crippen LogP contribution in [0.4, 0.5) is 5.00 Å². The summed E-state index contributed by atoms with van der Waals surface area (Å²) in [4.78, 5) is 40.7. The molecule has 1 aromatic carbocycles. The fourth-order valence-electron chi connectivity index (χ4n) is 3.58. The lowest BCUT2D eigenvalue weighted by Gasteiger charge is -2.18. The molecule has 0 saturated heterocycles. The molecule has 9 nitrogen and oxygen atoms in total. The molecule has 0 spiro atoms. The smallest absolute Gasteiger partial charge is 0.341 e. The van der Waals surface area contributed by atoms with Crippen molar-refractivity contribution in [1.82, 2.24) is 9.21 Å². The maximum atomic E-state index is 13.0. The Bertz CT molecular complexity index is 1160. The standard InChI is InChI=1S/C24H33N3O6S2/c1-7-26(8-2)23(29)20-16(6)19(24(30)33-11-5)22(34-20)25-21(28)17-12-14-18(15-13-17)35(31,32)27(9-3)10-4/h12-15H,7-11H2,1-6H3,(H,25,28). The topological polar surface area (TPSA) is 113 Å². The van der Waals surface area contributed by atoms with Crippen LogP contribution in [0.1, 0.15) is 70.6 Å². The van der Waals surface area contributed by atoms with Crippen molar-refractivity contribution < 1.29 is 27.5 Å². The van der Waals surface area contributed by atoms with Gasteiger partial charge in [-0.1, -0.05) is 13.8 Å². The normalized spacial score (nSPS) is 11.4. The van der Waals surface area contributed by atoms with Crippen molar-refractivity contribution in [2.75, 3.05) is 38.1 Å². The van der Waals surface area contributed by atoms with Crippen LogP contribution in [0.5, 0.6) is 0 Å². The molecule has 0 atom stereocenters. The number of benzene rings is 1. The highest BCUT2D eigenvalue weighted by Gasteiger charge is 2.29. The van der Waals surface area contributed by atoms with E-state index in [4.69, 9.17) is 4.74 Å². The van der Waals surface area contributed by atoms with Crippen LogP contribution in [0.15, 0.2) is 29.2 Å². The van der Waals surface area contributed by atoms with Crippen LogP contribution in [0, 0.1) is 6.92 Å². The quantitative estimate of drug-likeness (QED) is 0.446. The molecule has 0 radical (unpaired) electrons. The number of esters is 1. The van der Waals surface area contributed by atoms with Gasteiger partial charge in [-0.25, -0.2) is 13.2 Å². The van der Waals surface area contributed by atoms with Crippen LogP contribution in [0.25, 0.3) is 0 Å². The van der Waals surface area contributed by atoms with Crippen LogP contribution in [-0.4, -0.2) is 68.2 Å². The van der Waals surface area contributed by atoms with Gasteiger partial charge in [-0.2, -0.15) is 4.31 Å². The Hall–Kier alpha value is -2.76. The number of nitrogens with one attached hydrogen (secondary N) is 1. The van der Waals surface area contributed by atoms with E-state index in [9.17, 15) is 22.8 Å². The maximum absolute atomic E-state index is 13.0. The molecule has 2 aromatic rings. The minimum atomic E-state index is -3.65. The summed E-state index contributed by atoms with van der Waals surface area (Å²) in [5.41, 5.74) is 0.795. The van der Waals surface area contributed by atoms with Crippen molar-refractivity contribution in [2.24, 2.45) is 0 Å². The van der Waals surface area contributed by atoms with Crippen molar-refractivity contribution >= 4 is 44.1 Å². The molecule has 0 bridgehead atoms. The lowest BCUT2D eigenvalue weighted by Crippen LogP contribution is -2.30.